The van der Waals surface area contributed by atoms with Gasteiger partial charge in [0, 0.05) is 23.7 Å². The van der Waals surface area contributed by atoms with E-state index in [-0.39, 0.29) is 11.7 Å². The fourth-order valence-corrected chi connectivity index (χ4v) is 4.01. The van der Waals surface area contributed by atoms with Crippen molar-refractivity contribution in [3.63, 3.8) is 0 Å². The Hall–Kier alpha value is -2.48. The Labute approximate surface area is 195 Å². The Morgan fingerprint density at radius 3 is 2.74 bits per heavy atom. The van der Waals surface area contributed by atoms with Crippen molar-refractivity contribution < 1.29 is 9.53 Å². The highest BCUT2D eigenvalue weighted by Gasteiger charge is 2.14. The van der Waals surface area contributed by atoms with Gasteiger partial charge in [0.1, 0.15) is 11.6 Å². The first-order chi connectivity index (χ1) is 15.1. The zero-order valence-corrected chi connectivity index (χ0v) is 19.1. The number of halogens is 2. The third kappa shape index (κ3) is 7.02. The number of allylic oxidation sites excluding steroid dienone is 1. The first-order valence-corrected chi connectivity index (χ1v) is 11.4. The summed E-state index contributed by atoms with van der Waals surface area (Å²) in [6.07, 6.45) is 3.18. The Morgan fingerprint density at radius 2 is 2.00 bits per heavy atom. The molecule has 0 radical (unpaired) electrons. The lowest BCUT2D eigenvalue weighted by atomic mass is 10.3. The number of anilines is 1. The highest BCUT2D eigenvalue weighted by atomic mass is 35.5. The highest BCUT2D eigenvalue weighted by Crippen LogP contribution is 2.27. The maximum atomic E-state index is 12.2. The third-order valence-electron chi connectivity index (χ3n) is 4.19. The topological polar surface area (TPSA) is 69.0 Å². The molecule has 0 aliphatic carbocycles. The molecule has 162 valence electrons. The number of para-hydroxylation sites is 1. The molecule has 3 aromatic rings. The summed E-state index contributed by atoms with van der Waals surface area (Å²) in [6, 6.07) is 14.5. The van der Waals surface area contributed by atoms with Crippen molar-refractivity contribution in [2.75, 3.05) is 17.7 Å². The number of ether oxygens (including phenoxy) is 1. The van der Waals surface area contributed by atoms with Crippen LogP contribution in [0.3, 0.4) is 0 Å². The van der Waals surface area contributed by atoms with Gasteiger partial charge in [-0.25, -0.2) is 0 Å². The number of aromatic nitrogens is 3. The van der Waals surface area contributed by atoms with Gasteiger partial charge in [-0.2, -0.15) is 0 Å². The lowest BCUT2D eigenvalue weighted by molar-refractivity contribution is -0.113. The van der Waals surface area contributed by atoms with Crippen LogP contribution in [0, 0.1) is 0 Å². The monoisotopic (exact) mass is 476 g/mol. The van der Waals surface area contributed by atoms with Crippen LogP contribution in [0.5, 0.6) is 5.75 Å². The third-order valence-corrected chi connectivity index (χ3v) is 5.69. The molecule has 1 aromatic heterocycles. The Bertz CT molecular complexity index is 1030. The molecule has 1 heterocycles. The zero-order chi connectivity index (χ0) is 22.1. The lowest BCUT2D eigenvalue weighted by Crippen LogP contribution is -2.14. The van der Waals surface area contributed by atoms with E-state index in [0.29, 0.717) is 40.5 Å². The van der Waals surface area contributed by atoms with E-state index in [2.05, 4.69) is 22.1 Å². The smallest absolute Gasteiger partial charge is 0.234 e. The van der Waals surface area contributed by atoms with Crippen molar-refractivity contribution in [2.24, 2.45) is 0 Å². The van der Waals surface area contributed by atoms with E-state index in [9.17, 15) is 4.79 Å². The quantitative estimate of drug-likeness (QED) is 0.224. The number of benzene rings is 2. The molecule has 1 N–H and O–H groups in total. The fraction of sp³-hybridized carbons (Fsp3) is 0.227. The number of rotatable bonds is 11. The molecule has 0 unspecified atom stereocenters. The second-order valence-corrected chi connectivity index (χ2v) is 8.31. The molecule has 0 spiro atoms. The van der Waals surface area contributed by atoms with Crippen LogP contribution in [-0.4, -0.2) is 33.0 Å². The summed E-state index contributed by atoms with van der Waals surface area (Å²) >= 11 is 13.4. The zero-order valence-electron chi connectivity index (χ0n) is 16.8. The van der Waals surface area contributed by atoms with E-state index in [1.165, 1.54) is 11.8 Å². The van der Waals surface area contributed by atoms with Crippen LogP contribution in [0.1, 0.15) is 12.2 Å². The van der Waals surface area contributed by atoms with Gasteiger partial charge in [0.05, 0.1) is 17.4 Å². The van der Waals surface area contributed by atoms with Gasteiger partial charge in [-0.3, -0.25) is 4.79 Å². The van der Waals surface area contributed by atoms with Gasteiger partial charge in [-0.15, -0.1) is 16.8 Å². The number of hydrogen-bond donors (Lipinski definition) is 1. The van der Waals surface area contributed by atoms with Crippen LogP contribution >= 0.6 is 35.0 Å². The molecule has 3 rings (SSSR count). The van der Waals surface area contributed by atoms with Crippen LogP contribution in [0.4, 0.5) is 5.69 Å². The molecule has 0 aliphatic rings. The highest BCUT2D eigenvalue weighted by molar-refractivity contribution is 7.99. The fourth-order valence-electron chi connectivity index (χ4n) is 2.78. The predicted octanol–water partition coefficient (Wildman–Crippen LogP) is 5.51. The van der Waals surface area contributed by atoms with Gasteiger partial charge >= 0.3 is 0 Å². The summed E-state index contributed by atoms with van der Waals surface area (Å²) in [6.45, 7) is 4.85. The lowest BCUT2D eigenvalue weighted by Gasteiger charge is -2.10. The van der Waals surface area contributed by atoms with E-state index in [4.69, 9.17) is 27.9 Å². The summed E-state index contributed by atoms with van der Waals surface area (Å²) < 4.78 is 7.69. The van der Waals surface area contributed by atoms with Crippen LogP contribution in [0.25, 0.3) is 0 Å². The number of carbonyl (C=O) groups is 1. The minimum Gasteiger partial charge on any atom is -0.492 e. The van der Waals surface area contributed by atoms with Gasteiger partial charge in [0.2, 0.25) is 5.91 Å². The number of amides is 1. The van der Waals surface area contributed by atoms with Gasteiger partial charge in [0.15, 0.2) is 5.16 Å². The molecular formula is C22H22Cl2N4O2S. The molecule has 0 atom stereocenters. The summed E-state index contributed by atoms with van der Waals surface area (Å²) in [4.78, 5) is 12.2. The molecule has 0 bridgehead atoms. The number of carbonyl (C=O) groups excluding carboxylic acids is 1. The molecule has 0 aliphatic heterocycles. The number of nitrogens with zero attached hydrogens (tertiary/aromatic N) is 3. The molecular weight excluding hydrogens is 455 g/mol. The second kappa shape index (κ2) is 11.8. The first-order valence-electron chi connectivity index (χ1n) is 9.65. The standard InChI is InChI=1S/C22H22Cl2N4O2S/c1-2-12-28-20(9-6-13-30-19-11-10-16(23)14-18(19)24)26-27-22(28)31-15-21(29)25-17-7-4-3-5-8-17/h2-5,7-8,10-11,14H,1,6,9,12-13,15H2,(H,25,29). The molecule has 2 aromatic carbocycles. The second-order valence-electron chi connectivity index (χ2n) is 6.53. The van der Waals surface area contributed by atoms with Crippen molar-refractivity contribution in [1.29, 1.82) is 0 Å². The van der Waals surface area contributed by atoms with E-state index < -0.39 is 0 Å². The van der Waals surface area contributed by atoms with E-state index in [1.807, 2.05) is 34.9 Å². The molecule has 9 heteroatoms. The van der Waals surface area contributed by atoms with Crippen molar-refractivity contribution in [2.45, 2.75) is 24.5 Å². The molecule has 6 nitrogen and oxygen atoms in total. The van der Waals surface area contributed by atoms with Gasteiger partial charge in [-0.1, -0.05) is 59.2 Å². The number of thioether (sulfide) groups is 1. The largest absolute Gasteiger partial charge is 0.492 e. The molecule has 1 amide bonds. The minimum atomic E-state index is -0.0980. The number of nitrogens with one attached hydrogen (secondary N) is 1. The average Bonchev–Trinajstić information content (AvgIpc) is 3.13. The van der Waals surface area contributed by atoms with Crippen molar-refractivity contribution in [1.82, 2.24) is 14.8 Å². The van der Waals surface area contributed by atoms with Crippen molar-refractivity contribution in [3.8, 4) is 5.75 Å². The number of hydrogen-bond acceptors (Lipinski definition) is 5. The predicted molar refractivity (Wildman–Crippen MR) is 126 cm³/mol. The van der Waals surface area contributed by atoms with Crippen molar-refractivity contribution in [3.05, 3.63) is 77.1 Å². The Kier molecular flexibility index (Phi) is 8.82. The minimum absolute atomic E-state index is 0.0980. The summed E-state index contributed by atoms with van der Waals surface area (Å²) in [5.74, 6) is 1.55. The normalized spacial score (nSPS) is 10.6. The van der Waals surface area contributed by atoms with Crippen LogP contribution < -0.4 is 10.1 Å². The van der Waals surface area contributed by atoms with Crippen molar-refractivity contribution >= 4 is 46.6 Å². The number of aryl methyl sites for hydroxylation is 1. The van der Waals surface area contributed by atoms with E-state index >= 15 is 0 Å². The van der Waals surface area contributed by atoms with Gasteiger partial charge in [0.25, 0.3) is 0 Å². The SMILES string of the molecule is C=CCn1c(CCCOc2ccc(Cl)cc2Cl)nnc1SCC(=O)Nc1ccccc1. The van der Waals surface area contributed by atoms with Gasteiger partial charge in [-0.05, 0) is 36.8 Å². The Morgan fingerprint density at radius 1 is 1.19 bits per heavy atom. The Balaban J connectivity index is 1.52. The van der Waals surface area contributed by atoms with Crippen LogP contribution in [0.2, 0.25) is 10.0 Å². The van der Waals surface area contributed by atoms with E-state index in [1.54, 1.807) is 24.3 Å². The summed E-state index contributed by atoms with van der Waals surface area (Å²) in [7, 11) is 0. The molecule has 0 saturated heterocycles. The molecule has 31 heavy (non-hydrogen) atoms. The van der Waals surface area contributed by atoms with Crippen LogP contribution in [-0.2, 0) is 17.8 Å². The van der Waals surface area contributed by atoms with Crippen LogP contribution in [0.15, 0.2) is 66.3 Å². The summed E-state index contributed by atoms with van der Waals surface area (Å²) in [5, 5.41) is 13.1. The first kappa shape index (κ1) is 23.2. The van der Waals surface area contributed by atoms with E-state index in [0.717, 1.165) is 17.9 Å². The maximum Gasteiger partial charge on any atom is 0.234 e. The average molecular weight is 477 g/mol. The molecule has 0 saturated carbocycles. The maximum absolute atomic E-state index is 12.2. The van der Waals surface area contributed by atoms with Gasteiger partial charge < -0.3 is 14.6 Å². The summed E-state index contributed by atoms with van der Waals surface area (Å²) in [5.41, 5.74) is 0.766. The molecule has 0 fully saturated rings.